The Bertz CT molecular complexity index is 740. The number of ether oxygens (including phenoxy) is 1. The van der Waals surface area contributed by atoms with Gasteiger partial charge < -0.3 is 20.3 Å². The molecule has 0 saturated heterocycles. The third-order valence-electron chi connectivity index (χ3n) is 4.61. The molecule has 0 spiro atoms. The summed E-state index contributed by atoms with van der Waals surface area (Å²) in [4.78, 5) is 25.2. The zero-order chi connectivity index (χ0) is 17.0. The Labute approximate surface area is 133 Å². The molecular weight excluding hydrogens is 298 g/mol. The zero-order valence-corrected chi connectivity index (χ0v) is 13.2. The molecule has 3 atom stereocenters. The molecule has 122 valence electrons. The summed E-state index contributed by atoms with van der Waals surface area (Å²) in [5.74, 6) is -1.51. The monoisotopic (exact) mass is 317 g/mol. The molecule has 1 aromatic rings. The fourth-order valence-corrected chi connectivity index (χ4v) is 3.23. The van der Waals surface area contributed by atoms with Crippen LogP contribution in [0.3, 0.4) is 0 Å². The van der Waals surface area contributed by atoms with E-state index < -0.39 is 23.1 Å². The van der Waals surface area contributed by atoms with Gasteiger partial charge in [-0.3, -0.25) is 4.79 Å². The Morgan fingerprint density at radius 2 is 2.00 bits per heavy atom. The number of allylic oxidation sites excluding steroid dienone is 1. The van der Waals surface area contributed by atoms with Crippen molar-refractivity contribution >= 4 is 11.8 Å². The number of Topliss-reactive ketones (excluding diaryl/α,β-unsaturated/α-hetero) is 1. The topological polar surface area (TPSA) is 95.9 Å². The number of hydrogen-bond donors (Lipinski definition) is 3. The molecule has 0 aromatic heterocycles. The van der Waals surface area contributed by atoms with Crippen molar-refractivity contribution in [1.82, 2.24) is 5.32 Å². The van der Waals surface area contributed by atoms with Crippen molar-refractivity contribution in [2.75, 3.05) is 0 Å². The highest BCUT2D eigenvalue weighted by molar-refractivity contribution is 6.16. The molecule has 0 radical (unpaired) electrons. The Morgan fingerprint density at radius 1 is 1.35 bits per heavy atom. The Hall–Kier alpha value is -2.18. The van der Waals surface area contributed by atoms with Crippen LogP contribution in [0.25, 0.3) is 0 Å². The molecule has 3 rings (SSSR count). The highest BCUT2D eigenvalue weighted by Gasteiger charge is 2.70. The van der Waals surface area contributed by atoms with Crippen molar-refractivity contribution in [2.45, 2.75) is 44.6 Å². The summed E-state index contributed by atoms with van der Waals surface area (Å²) in [7, 11) is 0. The molecule has 3 N–H and O–H groups in total. The van der Waals surface area contributed by atoms with Crippen LogP contribution in [-0.4, -0.2) is 33.7 Å². The number of nitrogens with one attached hydrogen (secondary N) is 1. The normalized spacial score (nSPS) is 29.9. The smallest absolute Gasteiger partial charge is 0.339 e. The number of benzene rings is 1. The number of rotatable bonds is 3. The standard InChI is InChI=1S/C17H19NO5/c1-4-9(2)23-15(20)13-10(3)18-17(22)12-8-6-5-7-11(12)14(19)16(13,17)21/h5-9,18,21-22H,4H2,1-3H3. The lowest BCUT2D eigenvalue weighted by Crippen LogP contribution is -2.56. The van der Waals surface area contributed by atoms with Gasteiger partial charge in [-0.25, -0.2) is 4.79 Å². The summed E-state index contributed by atoms with van der Waals surface area (Å²) in [5.41, 5.74) is -4.02. The van der Waals surface area contributed by atoms with Crippen LogP contribution in [-0.2, 0) is 15.3 Å². The van der Waals surface area contributed by atoms with E-state index in [-0.39, 0.29) is 28.5 Å². The SMILES string of the molecule is CCC(C)OC(=O)C1=C(C)NC2(O)c3ccccc3C(=O)C12O. The second-order valence-corrected chi connectivity index (χ2v) is 6.04. The molecule has 0 amide bonds. The minimum atomic E-state index is -2.38. The third kappa shape index (κ3) is 1.82. The van der Waals surface area contributed by atoms with Gasteiger partial charge in [-0.05, 0) is 20.3 Å². The minimum absolute atomic E-state index is 0.186. The number of carbonyl (C=O) groups excluding carboxylic acids is 2. The number of hydrogen-bond acceptors (Lipinski definition) is 6. The third-order valence-corrected chi connectivity index (χ3v) is 4.61. The van der Waals surface area contributed by atoms with Crippen molar-refractivity contribution in [2.24, 2.45) is 0 Å². The highest BCUT2D eigenvalue weighted by atomic mass is 16.5. The number of fused-ring (bicyclic) bond motifs is 3. The lowest BCUT2D eigenvalue weighted by molar-refractivity contribution is -0.151. The van der Waals surface area contributed by atoms with Crippen LogP contribution >= 0.6 is 0 Å². The van der Waals surface area contributed by atoms with E-state index in [1.165, 1.54) is 13.0 Å². The molecular formula is C17H19NO5. The quantitative estimate of drug-likeness (QED) is 0.719. The first-order valence-electron chi connectivity index (χ1n) is 7.57. The maximum atomic E-state index is 12.7. The predicted molar refractivity (Wildman–Crippen MR) is 81.3 cm³/mol. The van der Waals surface area contributed by atoms with Crippen LogP contribution in [0.15, 0.2) is 35.5 Å². The maximum absolute atomic E-state index is 12.7. The average Bonchev–Trinajstić information content (AvgIpc) is 2.82. The zero-order valence-electron chi connectivity index (χ0n) is 13.2. The maximum Gasteiger partial charge on any atom is 0.339 e. The van der Waals surface area contributed by atoms with Crippen molar-refractivity contribution < 1.29 is 24.5 Å². The number of carbonyl (C=O) groups is 2. The minimum Gasteiger partial charge on any atom is -0.459 e. The molecule has 1 heterocycles. The van der Waals surface area contributed by atoms with E-state index in [0.717, 1.165) is 0 Å². The molecule has 6 nitrogen and oxygen atoms in total. The largest absolute Gasteiger partial charge is 0.459 e. The number of ketones is 1. The molecule has 1 aliphatic carbocycles. The first kappa shape index (κ1) is 15.7. The molecule has 2 aliphatic rings. The summed E-state index contributed by atoms with van der Waals surface area (Å²) < 4.78 is 5.26. The first-order chi connectivity index (χ1) is 10.8. The van der Waals surface area contributed by atoms with Gasteiger partial charge in [-0.15, -0.1) is 0 Å². The Kier molecular flexibility index (Phi) is 3.35. The second kappa shape index (κ2) is 4.91. The summed E-state index contributed by atoms with van der Waals surface area (Å²) in [5, 5.41) is 24.7. The van der Waals surface area contributed by atoms with Gasteiger partial charge in [0.1, 0.15) is 5.57 Å². The van der Waals surface area contributed by atoms with Crippen LogP contribution < -0.4 is 5.32 Å². The molecule has 23 heavy (non-hydrogen) atoms. The molecule has 1 aromatic carbocycles. The fraction of sp³-hybridized carbons (Fsp3) is 0.412. The lowest BCUT2D eigenvalue weighted by atomic mass is 9.85. The van der Waals surface area contributed by atoms with E-state index in [2.05, 4.69) is 5.32 Å². The van der Waals surface area contributed by atoms with Crippen molar-refractivity contribution in [1.29, 1.82) is 0 Å². The Morgan fingerprint density at radius 3 is 2.65 bits per heavy atom. The molecule has 6 heteroatoms. The summed E-state index contributed by atoms with van der Waals surface area (Å²) in [6, 6.07) is 6.36. The van der Waals surface area contributed by atoms with Crippen LogP contribution in [0.1, 0.15) is 43.1 Å². The van der Waals surface area contributed by atoms with Gasteiger partial charge in [0.2, 0.25) is 17.1 Å². The fourth-order valence-electron chi connectivity index (χ4n) is 3.23. The second-order valence-electron chi connectivity index (χ2n) is 6.04. The van der Waals surface area contributed by atoms with Gasteiger partial charge in [0.25, 0.3) is 0 Å². The van der Waals surface area contributed by atoms with Crippen LogP contribution in [0.2, 0.25) is 0 Å². The summed E-state index contributed by atoms with van der Waals surface area (Å²) in [6.45, 7) is 5.10. The van der Waals surface area contributed by atoms with E-state index in [1.54, 1.807) is 25.1 Å². The summed E-state index contributed by atoms with van der Waals surface area (Å²) >= 11 is 0. The molecule has 0 fully saturated rings. The van der Waals surface area contributed by atoms with Crippen LogP contribution in [0.5, 0.6) is 0 Å². The van der Waals surface area contributed by atoms with E-state index in [4.69, 9.17) is 4.74 Å². The van der Waals surface area contributed by atoms with Crippen molar-refractivity contribution in [3.63, 3.8) is 0 Å². The van der Waals surface area contributed by atoms with Crippen molar-refractivity contribution in [3.05, 3.63) is 46.7 Å². The van der Waals surface area contributed by atoms with Gasteiger partial charge in [0.15, 0.2) is 0 Å². The van der Waals surface area contributed by atoms with E-state index >= 15 is 0 Å². The molecule has 1 aliphatic heterocycles. The van der Waals surface area contributed by atoms with E-state index in [0.29, 0.717) is 6.42 Å². The Balaban J connectivity index is 2.11. The van der Waals surface area contributed by atoms with Gasteiger partial charge in [0, 0.05) is 16.8 Å². The first-order valence-corrected chi connectivity index (χ1v) is 7.57. The van der Waals surface area contributed by atoms with Gasteiger partial charge in [-0.2, -0.15) is 0 Å². The van der Waals surface area contributed by atoms with Crippen molar-refractivity contribution in [3.8, 4) is 0 Å². The van der Waals surface area contributed by atoms with Gasteiger partial charge in [0.05, 0.1) is 6.10 Å². The van der Waals surface area contributed by atoms with Crippen LogP contribution in [0.4, 0.5) is 0 Å². The van der Waals surface area contributed by atoms with E-state index in [1.807, 2.05) is 6.92 Å². The molecule has 0 saturated carbocycles. The highest BCUT2D eigenvalue weighted by Crippen LogP contribution is 2.51. The van der Waals surface area contributed by atoms with E-state index in [9.17, 15) is 19.8 Å². The summed E-state index contributed by atoms with van der Waals surface area (Å²) in [6.07, 6.45) is 0.238. The lowest BCUT2D eigenvalue weighted by Gasteiger charge is -2.32. The van der Waals surface area contributed by atoms with Gasteiger partial charge in [-0.1, -0.05) is 31.2 Å². The predicted octanol–water partition coefficient (Wildman–Crippen LogP) is 0.978. The molecule has 3 unspecified atom stereocenters. The average molecular weight is 317 g/mol. The van der Waals surface area contributed by atoms with Crippen LogP contribution in [0, 0.1) is 0 Å². The van der Waals surface area contributed by atoms with Gasteiger partial charge >= 0.3 is 5.97 Å². The number of esters is 1. The molecule has 0 bridgehead atoms. The number of aliphatic hydroxyl groups is 2.